The summed E-state index contributed by atoms with van der Waals surface area (Å²) in [6.45, 7) is 0.282. The molecule has 1 aromatic carbocycles. The Bertz CT molecular complexity index is 1330. The quantitative estimate of drug-likeness (QED) is 0.417. The van der Waals surface area contributed by atoms with E-state index in [1.165, 1.54) is 16.5 Å². The highest BCUT2D eigenvalue weighted by atomic mass is 32.2. The van der Waals surface area contributed by atoms with Gasteiger partial charge in [-0.3, -0.25) is 14.3 Å². The van der Waals surface area contributed by atoms with Crippen LogP contribution in [0.15, 0.2) is 24.3 Å². The van der Waals surface area contributed by atoms with E-state index >= 15 is 0 Å². The molecule has 192 valence electrons. The number of amides is 2. The molecule has 11 nitrogen and oxygen atoms in total. The number of nitriles is 1. The van der Waals surface area contributed by atoms with E-state index in [0.29, 0.717) is 30.4 Å². The fraction of sp³-hybridized carbons (Fsp3) is 0.500. The van der Waals surface area contributed by atoms with Gasteiger partial charge in [0.25, 0.3) is 11.8 Å². The molecule has 36 heavy (non-hydrogen) atoms. The molecule has 3 N–H and O–H groups in total. The number of carbonyl (C=O) groups is 2. The van der Waals surface area contributed by atoms with Gasteiger partial charge in [-0.1, -0.05) is 12.1 Å². The molecule has 2 amide bonds. The molecule has 0 radical (unpaired) electrons. The van der Waals surface area contributed by atoms with Gasteiger partial charge in [-0.25, -0.2) is 8.42 Å². The van der Waals surface area contributed by atoms with Crippen LogP contribution in [0, 0.1) is 11.3 Å². The molecule has 1 aromatic heterocycles. The highest BCUT2D eigenvalue weighted by Crippen LogP contribution is 2.49. The maximum Gasteiger partial charge on any atom is 0.272 e. The molecule has 2 aromatic rings. The summed E-state index contributed by atoms with van der Waals surface area (Å²) in [4.78, 5) is 27.7. The monoisotopic (exact) mass is 515 g/mol. The van der Waals surface area contributed by atoms with E-state index in [0.717, 1.165) is 5.56 Å². The Hall–Kier alpha value is -3.27. The minimum absolute atomic E-state index is 0.0470. The summed E-state index contributed by atoms with van der Waals surface area (Å²) in [6.07, 6.45) is 1.02. The number of aromatic nitrogens is 2. The second-order valence-electron chi connectivity index (χ2n) is 9.72. The lowest BCUT2D eigenvalue weighted by molar-refractivity contribution is 0.0723. The molecule has 2 aliphatic rings. The Balaban J connectivity index is 1.50. The molecule has 2 heterocycles. The number of aliphatic hydroxyl groups is 2. The molecule has 1 aliphatic heterocycles. The van der Waals surface area contributed by atoms with Gasteiger partial charge in [0, 0.05) is 32.2 Å². The Morgan fingerprint density at radius 2 is 1.89 bits per heavy atom. The zero-order valence-electron chi connectivity index (χ0n) is 20.2. The van der Waals surface area contributed by atoms with Crippen molar-refractivity contribution in [2.24, 2.45) is 7.05 Å². The number of nitrogens with zero attached hydrogens (tertiary/aromatic N) is 4. The summed E-state index contributed by atoms with van der Waals surface area (Å²) >= 11 is 0. The lowest BCUT2D eigenvalue weighted by atomic mass is 10.0. The molecular formula is C24H29N5O6S. The summed E-state index contributed by atoms with van der Waals surface area (Å²) in [5.74, 6) is -0.839. The molecule has 0 spiro atoms. The first-order chi connectivity index (χ1) is 17.0. The van der Waals surface area contributed by atoms with Crippen molar-refractivity contribution in [2.75, 3.05) is 26.3 Å². The fourth-order valence-corrected chi connectivity index (χ4v) is 6.96. The van der Waals surface area contributed by atoms with Crippen molar-refractivity contribution < 1.29 is 28.2 Å². The largest absolute Gasteiger partial charge is 0.395 e. The first-order valence-corrected chi connectivity index (χ1v) is 13.1. The van der Waals surface area contributed by atoms with Gasteiger partial charge in [-0.05, 0) is 43.9 Å². The van der Waals surface area contributed by atoms with E-state index in [2.05, 4.69) is 10.4 Å². The average Bonchev–Trinajstić information content (AvgIpc) is 3.60. The van der Waals surface area contributed by atoms with E-state index in [1.807, 2.05) is 6.07 Å². The van der Waals surface area contributed by atoms with Crippen LogP contribution in [0.5, 0.6) is 0 Å². The first-order valence-electron chi connectivity index (χ1n) is 11.6. The highest BCUT2D eigenvalue weighted by molar-refractivity contribution is 7.94. The Morgan fingerprint density at radius 1 is 1.25 bits per heavy atom. The van der Waals surface area contributed by atoms with Crippen LogP contribution >= 0.6 is 0 Å². The van der Waals surface area contributed by atoms with E-state index < -0.39 is 44.4 Å². The third kappa shape index (κ3) is 4.17. The average molecular weight is 516 g/mol. The second-order valence-corrected chi connectivity index (χ2v) is 12.6. The normalized spacial score (nSPS) is 16.9. The number of fused-ring (bicyclic) bond motifs is 1. The standard InChI is InChI=1S/C24H29N5O6S/c1-23(14-30,15-31)36(34,35)24(8-9-24)13-29-10-7-18-19(27-28(2)20(18)22(29)33)21(32)26-12-17-5-3-16(11-25)4-6-17/h3-6,30-31H,7-10,12-15H2,1-2H3,(H,26,32). The topological polar surface area (TPSA) is 166 Å². The van der Waals surface area contributed by atoms with Gasteiger partial charge < -0.3 is 20.4 Å². The minimum atomic E-state index is -3.94. The van der Waals surface area contributed by atoms with E-state index in [1.54, 1.807) is 31.3 Å². The molecule has 1 fully saturated rings. The number of hydrogen-bond donors (Lipinski definition) is 3. The molecule has 1 saturated carbocycles. The summed E-state index contributed by atoms with van der Waals surface area (Å²) in [6, 6.07) is 8.85. The number of nitrogens with one attached hydrogen (secondary N) is 1. The van der Waals surface area contributed by atoms with Crippen molar-refractivity contribution >= 4 is 21.7 Å². The molecule has 4 rings (SSSR count). The van der Waals surface area contributed by atoms with Crippen molar-refractivity contribution in [3.8, 4) is 6.07 Å². The lowest BCUT2D eigenvalue weighted by Crippen LogP contribution is -2.54. The maximum absolute atomic E-state index is 13.3. The molecule has 1 aliphatic carbocycles. The van der Waals surface area contributed by atoms with Gasteiger partial charge in [0.2, 0.25) is 0 Å². The zero-order chi connectivity index (χ0) is 26.3. The molecule has 12 heteroatoms. The van der Waals surface area contributed by atoms with Crippen LogP contribution in [0.4, 0.5) is 0 Å². The SMILES string of the molecule is Cn1nc(C(=O)NCc2ccc(C#N)cc2)c2c1C(=O)N(CC1(S(=O)(=O)C(C)(CO)CO)CC1)CC2. The molecule has 0 atom stereocenters. The third-order valence-electron chi connectivity index (χ3n) is 7.19. The third-order valence-corrected chi connectivity index (χ3v) is 10.4. The second kappa shape index (κ2) is 9.31. The molecular weight excluding hydrogens is 486 g/mol. The first kappa shape index (κ1) is 25.8. The zero-order valence-corrected chi connectivity index (χ0v) is 21.0. The van der Waals surface area contributed by atoms with Crippen molar-refractivity contribution in [3.63, 3.8) is 0 Å². The summed E-state index contributed by atoms with van der Waals surface area (Å²) < 4.78 is 25.0. The van der Waals surface area contributed by atoms with Crippen molar-refractivity contribution in [1.29, 1.82) is 5.26 Å². The summed E-state index contributed by atoms with van der Waals surface area (Å²) in [7, 11) is -2.38. The molecule has 0 unspecified atom stereocenters. The number of hydrogen-bond acceptors (Lipinski definition) is 8. The van der Waals surface area contributed by atoms with Crippen LogP contribution in [0.2, 0.25) is 0 Å². The number of aryl methyl sites for hydroxylation is 1. The van der Waals surface area contributed by atoms with Gasteiger partial charge in [0.1, 0.15) is 10.4 Å². The Kier molecular flexibility index (Phi) is 6.68. The van der Waals surface area contributed by atoms with E-state index in [9.17, 15) is 28.2 Å². The fourth-order valence-electron chi connectivity index (χ4n) is 4.61. The lowest BCUT2D eigenvalue weighted by Gasteiger charge is -2.35. The van der Waals surface area contributed by atoms with Gasteiger partial charge in [-0.15, -0.1) is 0 Å². The van der Waals surface area contributed by atoms with Crippen LogP contribution in [0.25, 0.3) is 0 Å². The van der Waals surface area contributed by atoms with Crippen LogP contribution < -0.4 is 5.32 Å². The predicted molar refractivity (Wildman–Crippen MR) is 129 cm³/mol. The molecule has 0 bridgehead atoms. The van der Waals surface area contributed by atoms with Crippen LogP contribution in [0.3, 0.4) is 0 Å². The number of carbonyl (C=O) groups excluding carboxylic acids is 2. The van der Waals surface area contributed by atoms with E-state index in [-0.39, 0.29) is 31.0 Å². The highest BCUT2D eigenvalue weighted by Gasteiger charge is 2.62. The number of rotatable bonds is 9. The van der Waals surface area contributed by atoms with Crippen LogP contribution in [0.1, 0.15) is 57.4 Å². The van der Waals surface area contributed by atoms with Crippen molar-refractivity contribution in [1.82, 2.24) is 20.0 Å². The number of sulfone groups is 1. The maximum atomic E-state index is 13.3. The van der Waals surface area contributed by atoms with Gasteiger partial charge in [0.15, 0.2) is 15.5 Å². The summed E-state index contributed by atoms with van der Waals surface area (Å²) in [5.41, 5.74) is 2.23. The predicted octanol–water partition coefficient (Wildman–Crippen LogP) is -0.0892. The van der Waals surface area contributed by atoms with Gasteiger partial charge in [0.05, 0.1) is 29.6 Å². The number of aliphatic hydroxyl groups excluding tert-OH is 2. The van der Waals surface area contributed by atoms with Gasteiger partial charge >= 0.3 is 0 Å². The Morgan fingerprint density at radius 3 is 2.44 bits per heavy atom. The Labute approximate surface area is 209 Å². The van der Waals surface area contributed by atoms with Gasteiger partial charge in [-0.2, -0.15) is 10.4 Å². The summed E-state index contributed by atoms with van der Waals surface area (Å²) in [5, 5.41) is 35.3. The van der Waals surface area contributed by atoms with E-state index in [4.69, 9.17) is 5.26 Å². The number of benzene rings is 1. The van der Waals surface area contributed by atoms with Crippen LogP contribution in [-0.4, -0.2) is 80.9 Å². The minimum Gasteiger partial charge on any atom is -0.395 e. The van der Waals surface area contributed by atoms with Crippen molar-refractivity contribution in [2.45, 2.75) is 42.2 Å². The smallest absolute Gasteiger partial charge is 0.272 e. The molecule has 0 saturated heterocycles. The van der Waals surface area contributed by atoms with Crippen LogP contribution in [-0.2, 0) is 29.9 Å². The van der Waals surface area contributed by atoms with Crippen molar-refractivity contribution in [3.05, 3.63) is 52.3 Å².